The number of anilines is 1. The molecular formula is C15H23NO. The molecule has 0 radical (unpaired) electrons. The van der Waals surface area contributed by atoms with Crippen LogP contribution in [-0.4, -0.2) is 5.11 Å². The van der Waals surface area contributed by atoms with E-state index in [9.17, 15) is 5.11 Å². The van der Waals surface area contributed by atoms with Gasteiger partial charge in [0.2, 0.25) is 0 Å². The van der Waals surface area contributed by atoms with Crippen LogP contribution in [0.1, 0.15) is 45.1 Å². The number of phenolic OH excluding ortho intramolecular Hbond substituents is 1. The summed E-state index contributed by atoms with van der Waals surface area (Å²) in [5.74, 6) is 1.04. The highest BCUT2D eigenvalue weighted by molar-refractivity contribution is 5.53. The molecule has 0 amide bonds. The molecule has 0 aromatic heterocycles. The normalized spacial score (nSPS) is 28.5. The number of nitrogen functional groups attached to an aromatic ring is 1. The van der Waals surface area contributed by atoms with Gasteiger partial charge in [0, 0.05) is 0 Å². The van der Waals surface area contributed by atoms with Gasteiger partial charge in [-0.2, -0.15) is 0 Å². The quantitative estimate of drug-likeness (QED) is 0.617. The SMILES string of the molecule is CCC1(Cc2ccc(O)c(N)c2)CCC(C)C1. The molecule has 1 saturated carbocycles. The van der Waals surface area contributed by atoms with Crippen molar-refractivity contribution in [3.8, 4) is 5.75 Å². The number of hydrogen-bond donors (Lipinski definition) is 2. The average molecular weight is 233 g/mol. The van der Waals surface area contributed by atoms with Crippen molar-refractivity contribution < 1.29 is 5.11 Å². The first-order valence-electron chi connectivity index (χ1n) is 6.62. The summed E-state index contributed by atoms with van der Waals surface area (Å²) in [6, 6.07) is 5.65. The molecule has 3 N–H and O–H groups in total. The lowest BCUT2D eigenvalue weighted by atomic mass is 9.77. The molecule has 0 bridgehead atoms. The van der Waals surface area contributed by atoms with E-state index < -0.39 is 0 Å². The van der Waals surface area contributed by atoms with E-state index in [-0.39, 0.29) is 5.75 Å². The molecule has 2 heteroatoms. The summed E-state index contributed by atoms with van der Waals surface area (Å²) in [5.41, 5.74) is 7.98. The van der Waals surface area contributed by atoms with Crippen LogP contribution in [-0.2, 0) is 6.42 Å². The highest BCUT2D eigenvalue weighted by Crippen LogP contribution is 2.46. The summed E-state index contributed by atoms with van der Waals surface area (Å²) >= 11 is 0. The van der Waals surface area contributed by atoms with Crippen LogP contribution in [0.2, 0.25) is 0 Å². The van der Waals surface area contributed by atoms with Gasteiger partial charge in [-0.1, -0.05) is 32.8 Å². The molecule has 94 valence electrons. The van der Waals surface area contributed by atoms with Gasteiger partial charge >= 0.3 is 0 Å². The lowest BCUT2D eigenvalue weighted by molar-refractivity contribution is 0.272. The molecule has 1 aromatic rings. The van der Waals surface area contributed by atoms with E-state index in [1.807, 2.05) is 12.1 Å². The number of rotatable bonds is 3. The van der Waals surface area contributed by atoms with Crippen LogP contribution in [0.5, 0.6) is 5.75 Å². The van der Waals surface area contributed by atoms with Crippen LogP contribution in [0.4, 0.5) is 5.69 Å². The van der Waals surface area contributed by atoms with Gasteiger partial charge in [0.1, 0.15) is 5.75 Å². The summed E-state index contributed by atoms with van der Waals surface area (Å²) in [4.78, 5) is 0. The van der Waals surface area contributed by atoms with Crippen molar-refractivity contribution in [2.75, 3.05) is 5.73 Å². The number of benzene rings is 1. The smallest absolute Gasteiger partial charge is 0.138 e. The third kappa shape index (κ3) is 2.56. The zero-order valence-corrected chi connectivity index (χ0v) is 10.9. The molecule has 17 heavy (non-hydrogen) atoms. The van der Waals surface area contributed by atoms with E-state index in [1.54, 1.807) is 6.07 Å². The molecule has 1 fully saturated rings. The van der Waals surface area contributed by atoms with Gasteiger partial charge < -0.3 is 10.8 Å². The maximum Gasteiger partial charge on any atom is 0.138 e. The van der Waals surface area contributed by atoms with Gasteiger partial charge in [-0.05, 0) is 48.3 Å². The van der Waals surface area contributed by atoms with Gasteiger partial charge in [-0.25, -0.2) is 0 Å². The van der Waals surface area contributed by atoms with Crippen molar-refractivity contribution in [3.63, 3.8) is 0 Å². The van der Waals surface area contributed by atoms with Crippen LogP contribution in [0.15, 0.2) is 18.2 Å². The largest absolute Gasteiger partial charge is 0.506 e. The number of nitrogens with two attached hydrogens (primary N) is 1. The predicted octanol–water partition coefficient (Wildman–Crippen LogP) is 3.73. The van der Waals surface area contributed by atoms with Crippen LogP contribution >= 0.6 is 0 Å². The Hall–Kier alpha value is -1.18. The maximum absolute atomic E-state index is 9.44. The molecular weight excluding hydrogens is 210 g/mol. The van der Waals surface area contributed by atoms with Crippen LogP contribution < -0.4 is 5.73 Å². The van der Waals surface area contributed by atoms with Gasteiger partial charge in [0.05, 0.1) is 5.69 Å². The topological polar surface area (TPSA) is 46.2 Å². The molecule has 2 rings (SSSR count). The fraction of sp³-hybridized carbons (Fsp3) is 0.600. The fourth-order valence-corrected chi connectivity index (χ4v) is 3.25. The fourth-order valence-electron chi connectivity index (χ4n) is 3.25. The monoisotopic (exact) mass is 233 g/mol. The average Bonchev–Trinajstić information content (AvgIpc) is 2.66. The summed E-state index contributed by atoms with van der Waals surface area (Å²) in [6.07, 6.45) is 6.33. The molecule has 1 aromatic carbocycles. The Morgan fingerprint density at radius 3 is 2.76 bits per heavy atom. The Morgan fingerprint density at radius 1 is 1.47 bits per heavy atom. The molecule has 0 aliphatic heterocycles. The van der Waals surface area contributed by atoms with E-state index in [2.05, 4.69) is 13.8 Å². The Morgan fingerprint density at radius 2 is 2.24 bits per heavy atom. The van der Waals surface area contributed by atoms with Crippen LogP contribution in [0.3, 0.4) is 0 Å². The maximum atomic E-state index is 9.44. The van der Waals surface area contributed by atoms with Crippen molar-refractivity contribution in [1.82, 2.24) is 0 Å². The number of hydrogen-bond acceptors (Lipinski definition) is 2. The first-order chi connectivity index (χ1) is 8.04. The van der Waals surface area contributed by atoms with Gasteiger partial charge in [0.15, 0.2) is 0 Å². The molecule has 0 saturated heterocycles. The lowest BCUT2D eigenvalue weighted by Crippen LogP contribution is -2.19. The van der Waals surface area contributed by atoms with Crippen molar-refractivity contribution in [1.29, 1.82) is 0 Å². The van der Waals surface area contributed by atoms with Crippen molar-refractivity contribution in [2.24, 2.45) is 11.3 Å². The first-order valence-corrected chi connectivity index (χ1v) is 6.62. The third-order valence-corrected chi connectivity index (χ3v) is 4.37. The number of phenols is 1. The van der Waals surface area contributed by atoms with Crippen LogP contribution in [0, 0.1) is 11.3 Å². The molecule has 1 aliphatic rings. The lowest BCUT2D eigenvalue weighted by Gasteiger charge is -2.28. The van der Waals surface area contributed by atoms with E-state index in [1.165, 1.54) is 31.2 Å². The Bertz CT molecular complexity index is 402. The third-order valence-electron chi connectivity index (χ3n) is 4.37. The summed E-state index contributed by atoms with van der Waals surface area (Å²) in [7, 11) is 0. The van der Waals surface area contributed by atoms with E-state index in [4.69, 9.17) is 5.73 Å². The highest BCUT2D eigenvalue weighted by Gasteiger charge is 2.35. The molecule has 2 atom stereocenters. The van der Waals surface area contributed by atoms with Crippen molar-refractivity contribution in [3.05, 3.63) is 23.8 Å². The second kappa shape index (κ2) is 4.59. The molecule has 1 aliphatic carbocycles. The summed E-state index contributed by atoms with van der Waals surface area (Å²) < 4.78 is 0. The minimum atomic E-state index is 0.194. The molecule has 2 unspecified atom stereocenters. The second-order valence-corrected chi connectivity index (χ2v) is 5.77. The Kier molecular flexibility index (Phi) is 3.32. The van der Waals surface area contributed by atoms with E-state index in [0.717, 1.165) is 12.3 Å². The minimum Gasteiger partial charge on any atom is -0.506 e. The van der Waals surface area contributed by atoms with E-state index >= 15 is 0 Å². The summed E-state index contributed by atoms with van der Waals surface area (Å²) in [5, 5.41) is 9.44. The first kappa shape index (κ1) is 12.3. The minimum absolute atomic E-state index is 0.194. The number of aromatic hydroxyl groups is 1. The standard InChI is InChI=1S/C15H23NO/c1-3-15(7-6-11(2)9-15)10-12-4-5-14(17)13(16)8-12/h4-5,8,11,17H,3,6-7,9-10,16H2,1-2H3. The van der Waals surface area contributed by atoms with Crippen molar-refractivity contribution >= 4 is 5.69 Å². The van der Waals surface area contributed by atoms with Crippen LogP contribution in [0.25, 0.3) is 0 Å². The summed E-state index contributed by atoms with van der Waals surface area (Å²) in [6.45, 7) is 4.64. The zero-order valence-electron chi connectivity index (χ0n) is 10.9. The second-order valence-electron chi connectivity index (χ2n) is 5.77. The van der Waals surface area contributed by atoms with Gasteiger partial charge in [-0.3, -0.25) is 0 Å². The molecule has 0 spiro atoms. The Labute approximate surface area is 104 Å². The zero-order chi connectivity index (χ0) is 12.5. The van der Waals surface area contributed by atoms with Gasteiger partial charge in [0.25, 0.3) is 0 Å². The molecule has 2 nitrogen and oxygen atoms in total. The van der Waals surface area contributed by atoms with Gasteiger partial charge in [-0.15, -0.1) is 0 Å². The Balaban J connectivity index is 2.16. The molecule has 0 heterocycles. The van der Waals surface area contributed by atoms with Crippen molar-refractivity contribution in [2.45, 2.75) is 46.0 Å². The highest BCUT2D eigenvalue weighted by atomic mass is 16.3. The predicted molar refractivity (Wildman–Crippen MR) is 72.0 cm³/mol. The van der Waals surface area contributed by atoms with E-state index in [0.29, 0.717) is 11.1 Å².